The molecule has 0 aliphatic carbocycles. The predicted octanol–water partition coefficient (Wildman–Crippen LogP) is 0.407. The number of carbonyl (C=O) groups excluding carboxylic acids is 1. The first-order valence-electron chi connectivity index (χ1n) is 6.92. The van der Waals surface area contributed by atoms with Crippen molar-refractivity contribution < 1.29 is 13.2 Å². The third-order valence-electron chi connectivity index (χ3n) is 3.60. The third kappa shape index (κ3) is 3.92. The number of aromatic nitrogens is 1. The van der Waals surface area contributed by atoms with Crippen molar-refractivity contribution >= 4 is 21.6 Å². The van der Waals surface area contributed by atoms with Crippen molar-refractivity contribution in [2.45, 2.75) is 25.8 Å². The molecule has 2 rings (SSSR count). The van der Waals surface area contributed by atoms with Crippen molar-refractivity contribution in [3.05, 3.63) is 24.0 Å². The molecule has 0 aromatic carbocycles. The number of rotatable bonds is 5. The zero-order valence-corrected chi connectivity index (χ0v) is 12.8. The van der Waals surface area contributed by atoms with Crippen LogP contribution in [0.3, 0.4) is 0 Å². The van der Waals surface area contributed by atoms with Gasteiger partial charge in [0.15, 0.2) is 0 Å². The quantitative estimate of drug-likeness (QED) is 0.819. The molecule has 1 aliphatic heterocycles. The second-order valence-corrected chi connectivity index (χ2v) is 7.27. The van der Waals surface area contributed by atoms with E-state index in [-0.39, 0.29) is 17.5 Å². The lowest BCUT2D eigenvalue weighted by atomic mass is 10.1. The molecule has 1 aromatic heterocycles. The van der Waals surface area contributed by atoms with E-state index in [1.165, 1.54) is 10.5 Å². The summed E-state index contributed by atoms with van der Waals surface area (Å²) in [5, 5.41) is 3.30. The van der Waals surface area contributed by atoms with Gasteiger partial charge in [0.25, 0.3) is 5.91 Å². The van der Waals surface area contributed by atoms with E-state index in [1.54, 1.807) is 19.1 Å². The fourth-order valence-corrected chi connectivity index (χ4v) is 3.48. The number of carbonyl (C=O) groups is 1. The summed E-state index contributed by atoms with van der Waals surface area (Å²) in [6.07, 6.45) is 2.99. The Kier molecular flexibility index (Phi) is 4.79. The van der Waals surface area contributed by atoms with Crippen LogP contribution in [0.15, 0.2) is 18.3 Å². The Hall–Kier alpha value is -1.67. The molecule has 1 fully saturated rings. The number of nitrogens with two attached hydrogens (primary N) is 1. The highest BCUT2D eigenvalue weighted by atomic mass is 32.2. The monoisotopic (exact) mass is 312 g/mol. The number of pyridine rings is 1. The van der Waals surface area contributed by atoms with Gasteiger partial charge in [-0.05, 0) is 31.9 Å². The molecule has 116 valence electrons. The number of primary amides is 1. The predicted molar refractivity (Wildman–Crippen MR) is 80.4 cm³/mol. The van der Waals surface area contributed by atoms with Crippen molar-refractivity contribution in [2.75, 3.05) is 24.2 Å². The fraction of sp³-hybridized carbons (Fsp3) is 0.538. The maximum absolute atomic E-state index is 11.8. The first-order chi connectivity index (χ1) is 9.92. The topological polar surface area (TPSA) is 105 Å². The van der Waals surface area contributed by atoms with Gasteiger partial charge in [-0.1, -0.05) is 0 Å². The van der Waals surface area contributed by atoms with Crippen molar-refractivity contribution in [1.29, 1.82) is 0 Å². The highest BCUT2D eigenvalue weighted by Crippen LogP contribution is 2.19. The molecular formula is C13H20N4O3S. The lowest BCUT2D eigenvalue weighted by molar-refractivity contribution is 0.0995. The summed E-state index contributed by atoms with van der Waals surface area (Å²) in [5.41, 5.74) is 6.18. The fourth-order valence-electron chi connectivity index (χ4n) is 2.35. The molecule has 8 heteroatoms. The zero-order chi connectivity index (χ0) is 15.5. The maximum atomic E-state index is 11.8. The van der Waals surface area contributed by atoms with E-state index in [0.29, 0.717) is 13.1 Å². The molecule has 2 heterocycles. The highest BCUT2D eigenvalue weighted by Gasteiger charge is 2.26. The van der Waals surface area contributed by atoms with Crippen LogP contribution in [0, 0.1) is 0 Å². The van der Waals surface area contributed by atoms with Crippen molar-refractivity contribution in [2.24, 2.45) is 5.73 Å². The minimum absolute atomic E-state index is 0.136. The molecule has 21 heavy (non-hydrogen) atoms. The Morgan fingerprint density at radius 1 is 1.48 bits per heavy atom. The molecule has 0 saturated carbocycles. The average molecular weight is 312 g/mol. The number of piperidine rings is 1. The van der Waals surface area contributed by atoms with Gasteiger partial charge < -0.3 is 11.1 Å². The van der Waals surface area contributed by atoms with Gasteiger partial charge in [-0.15, -0.1) is 0 Å². The molecule has 1 saturated heterocycles. The van der Waals surface area contributed by atoms with Crippen LogP contribution in [0.25, 0.3) is 0 Å². The van der Waals surface area contributed by atoms with Crippen LogP contribution in [0.1, 0.15) is 30.3 Å². The highest BCUT2D eigenvalue weighted by molar-refractivity contribution is 7.89. The van der Waals surface area contributed by atoms with Crippen LogP contribution in [-0.4, -0.2) is 48.5 Å². The maximum Gasteiger partial charge on any atom is 0.267 e. The number of hydrogen-bond acceptors (Lipinski definition) is 5. The molecule has 0 radical (unpaired) electrons. The van der Waals surface area contributed by atoms with E-state index in [1.807, 2.05) is 0 Å². The Morgan fingerprint density at radius 2 is 2.14 bits per heavy atom. The molecule has 0 unspecified atom stereocenters. The number of anilines is 1. The molecular weight excluding hydrogens is 292 g/mol. The normalized spacial score (nSPS) is 17.6. The van der Waals surface area contributed by atoms with E-state index >= 15 is 0 Å². The molecule has 7 nitrogen and oxygen atoms in total. The van der Waals surface area contributed by atoms with Crippen LogP contribution in [0.4, 0.5) is 5.69 Å². The van der Waals surface area contributed by atoms with Crippen LogP contribution in [0.2, 0.25) is 0 Å². The van der Waals surface area contributed by atoms with Gasteiger partial charge in [0.2, 0.25) is 10.0 Å². The molecule has 1 amide bonds. The number of hydrogen-bond donors (Lipinski definition) is 2. The van der Waals surface area contributed by atoms with Crippen molar-refractivity contribution in [3.63, 3.8) is 0 Å². The lowest BCUT2D eigenvalue weighted by Crippen LogP contribution is -2.42. The van der Waals surface area contributed by atoms with Crippen molar-refractivity contribution in [1.82, 2.24) is 9.29 Å². The summed E-state index contributed by atoms with van der Waals surface area (Å²) in [7, 11) is -3.10. The molecule has 1 aromatic rings. The Bertz CT molecular complexity index is 610. The van der Waals surface area contributed by atoms with Gasteiger partial charge in [-0.25, -0.2) is 12.7 Å². The van der Waals surface area contributed by atoms with Gasteiger partial charge in [-0.2, -0.15) is 0 Å². The number of nitrogens with one attached hydrogen (secondary N) is 1. The van der Waals surface area contributed by atoms with Crippen LogP contribution >= 0.6 is 0 Å². The summed E-state index contributed by atoms with van der Waals surface area (Å²) in [4.78, 5) is 15.0. The Balaban J connectivity index is 1.95. The van der Waals surface area contributed by atoms with E-state index in [9.17, 15) is 13.2 Å². The van der Waals surface area contributed by atoms with Crippen LogP contribution in [-0.2, 0) is 10.0 Å². The minimum Gasteiger partial charge on any atom is -0.382 e. The SMILES string of the molecule is CCS(=O)(=O)N1CCC(Nc2ccnc(C(N)=O)c2)CC1. The van der Waals surface area contributed by atoms with E-state index in [2.05, 4.69) is 10.3 Å². The Labute approximate surface area is 124 Å². The molecule has 0 bridgehead atoms. The standard InChI is InChI=1S/C13H20N4O3S/c1-2-21(19,20)17-7-4-10(5-8-17)16-11-3-6-15-12(9-11)13(14)18/h3,6,9-10H,2,4-5,7-8H2,1H3,(H2,14,18)(H,15,16). The van der Waals surface area contributed by atoms with Gasteiger partial charge in [0.1, 0.15) is 5.69 Å². The number of sulfonamides is 1. The summed E-state index contributed by atoms with van der Waals surface area (Å²) < 4.78 is 25.1. The van der Waals surface area contributed by atoms with Gasteiger partial charge in [0.05, 0.1) is 5.75 Å². The van der Waals surface area contributed by atoms with Crippen LogP contribution in [0.5, 0.6) is 0 Å². The summed E-state index contributed by atoms with van der Waals surface area (Å²) in [6.45, 7) is 2.69. The largest absolute Gasteiger partial charge is 0.382 e. The second-order valence-electron chi connectivity index (χ2n) is 5.01. The smallest absolute Gasteiger partial charge is 0.267 e. The number of amides is 1. The third-order valence-corrected chi connectivity index (χ3v) is 5.48. The zero-order valence-electron chi connectivity index (χ0n) is 11.9. The minimum atomic E-state index is -3.10. The lowest BCUT2D eigenvalue weighted by Gasteiger charge is -2.31. The van der Waals surface area contributed by atoms with Crippen molar-refractivity contribution in [3.8, 4) is 0 Å². The molecule has 3 N–H and O–H groups in total. The second kappa shape index (κ2) is 6.40. The molecule has 0 spiro atoms. The van der Waals surface area contributed by atoms with E-state index in [4.69, 9.17) is 5.73 Å². The van der Waals surface area contributed by atoms with Gasteiger partial charge in [0, 0.05) is 31.0 Å². The number of nitrogens with zero attached hydrogens (tertiary/aromatic N) is 2. The van der Waals surface area contributed by atoms with Gasteiger partial charge >= 0.3 is 0 Å². The van der Waals surface area contributed by atoms with Gasteiger partial charge in [-0.3, -0.25) is 9.78 Å². The molecule has 0 atom stereocenters. The van der Waals surface area contributed by atoms with E-state index < -0.39 is 15.9 Å². The van der Waals surface area contributed by atoms with Crippen LogP contribution < -0.4 is 11.1 Å². The Morgan fingerprint density at radius 3 is 2.71 bits per heavy atom. The molecule has 1 aliphatic rings. The average Bonchev–Trinajstić information content (AvgIpc) is 2.48. The summed E-state index contributed by atoms with van der Waals surface area (Å²) in [5.74, 6) is -0.431. The first kappa shape index (κ1) is 15.7. The van der Waals surface area contributed by atoms with E-state index in [0.717, 1.165) is 18.5 Å². The summed E-state index contributed by atoms with van der Waals surface area (Å²) in [6, 6.07) is 3.55. The first-order valence-corrected chi connectivity index (χ1v) is 8.53. The summed E-state index contributed by atoms with van der Waals surface area (Å²) >= 11 is 0.